The molecule has 1 aromatic carbocycles. The highest BCUT2D eigenvalue weighted by Crippen LogP contribution is 2.25. The molecule has 0 bridgehead atoms. The first-order valence-electron chi connectivity index (χ1n) is 6.10. The van der Waals surface area contributed by atoms with Crippen LogP contribution in [-0.2, 0) is 6.54 Å². The molecular formula is C14H15FN2O2. The van der Waals surface area contributed by atoms with Gasteiger partial charge in [0.1, 0.15) is 5.82 Å². The van der Waals surface area contributed by atoms with Crippen molar-refractivity contribution in [3.8, 4) is 11.1 Å². The van der Waals surface area contributed by atoms with E-state index in [1.165, 1.54) is 12.1 Å². The predicted octanol–water partition coefficient (Wildman–Crippen LogP) is 3.11. The molecule has 2 rings (SSSR count). The molecule has 100 valence electrons. The molecule has 5 heteroatoms. The third-order valence-electron chi connectivity index (χ3n) is 2.91. The molecule has 1 N–H and O–H groups in total. The fraction of sp³-hybridized carbons (Fsp3) is 0.286. The lowest BCUT2D eigenvalue weighted by atomic mass is 10.0. The number of carbonyl (C=O) groups is 1. The van der Waals surface area contributed by atoms with Crippen LogP contribution >= 0.6 is 0 Å². The number of hydrogen-bond acceptors (Lipinski definition) is 2. The molecule has 19 heavy (non-hydrogen) atoms. The van der Waals surface area contributed by atoms with E-state index in [1.807, 2.05) is 17.8 Å². The second-order valence-corrected chi connectivity index (χ2v) is 4.39. The average Bonchev–Trinajstić information content (AvgIpc) is 2.71. The van der Waals surface area contributed by atoms with Crippen LogP contribution in [0.3, 0.4) is 0 Å². The monoisotopic (exact) mass is 262 g/mol. The van der Waals surface area contributed by atoms with E-state index >= 15 is 0 Å². The minimum absolute atomic E-state index is 0.319. The Morgan fingerprint density at radius 3 is 2.84 bits per heavy atom. The van der Waals surface area contributed by atoms with Crippen LogP contribution in [0.1, 0.15) is 29.4 Å². The molecular weight excluding hydrogens is 247 g/mol. The van der Waals surface area contributed by atoms with Crippen LogP contribution in [-0.4, -0.2) is 20.9 Å². The van der Waals surface area contributed by atoms with Gasteiger partial charge in [0.05, 0.1) is 11.3 Å². The number of carboxylic acids is 1. The second kappa shape index (κ2) is 5.22. The van der Waals surface area contributed by atoms with E-state index in [0.29, 0.717) is 5.56 Å². The van der Waals surface area contributed by atoms with E-state index < -0.39 is 11.8 Å². The lowest BCUT2D eigenvalue weighted by molar-refractivity contribution is 0.0692. The van der Waals surface area contributed by atoms with Crippen molar-refractivity contribution in [2.75, 3.05) is 0 Å². The van der Waals surface area contributed by atoms with E-state index in [0.717, 1.165) is 24.2 Å². The quantitative estimate of drug-likeness (QED) is 0.921. The van der Waals surface area contributed by atoms with Gasteiger partial charge in [-0.15, -0.1) is 0 Å². The third-order valence-corrected chi connectivity index (χ3v) is 2.91. The van der Waals surface area contributed by atoms with Gasteiger partial charge in [0.25, 0.3) is 0 Å². The first-order valence-corrected chi connectivity index (χ1v) is 6.10. The Morgan fingerprint density at radius 1 is 1.47 bits per heavy atom. The van der Waals surface area contributed by atoms with Crippen LogP contribution in [0.2, 0.25) is 0 Å². The summed E-state index contributed by atoms with van der Waals surface area (Å²) in [7, 11) is 0. The minimum Gasteiger partial charge on any atom is -0.478 e. The van der Waals surface area contributed by atoms with Crippen LogP contribution in [0.25, 0.3) is 11.1 Å². The summed E-state index contributed by atoms with van der Waals surface area (Å²) in [6, 6.07) is 4.09. The van der Waals surface area contributed by atoms with Gasteiger partial charge in [0.15, 0.2) is 0 Å². The summed E-state index contributed by atoms with van der Waals surface area (Å²) in [6.45, 7) is 4.70. The molecule has 1 aromatic heterocycles. The molecule has 0 aliphatic heterocycles. The Hall–Kier alpha value is -2.17. The minimum atomic E-state index is -1.27. The maximum absolute atomic E-state index is 13.4. The largest absolute Gasteiger partial charge is 0.478 e. The smallest absolute Gasteiger partial charge is 0.338 e. The molecule has 2 aromatic rings. The number of carboxylic acid groups (broad SMARTS) is 1. The number of aromatic carboxylic acids is 1. The molecule has 0 aliphatic rings. The summed E-state index contributed by atoms with van der Waals surface area (Å²) in [5.41, 5.74) is 1.98. The van der Waals surface area contributed by atoms with Crippen LogP contribution in [0, 0.1) is 12.7 Å². The molecule has 0 unspecified atom stereocenters. The Balaban J connectivity index is 2.47. The summed E-state index contributed by atoms with van der Waals surface area (Å²) in [4.78, 5) is 10.9. The number of hydrogen-bond donors (Lipinski definition) is 1. The highest BCUT2D eigenvalue weighted by molar-refractivity contribution is 5.89. The lowest BCUT2D eigenvalue weighted by Crippen LogP contribution is -2.00. The van der Waals surface area contributed by atoms with Crippen molar-refractivity contribution in [2.24, 2.45) is 0 Å². The van der Waals surface area contributed by atoms with Crippen LogP contribution < -0.4 is 0 Å². The molecule has 0 radical (unpaired) electrons. The number of halogens is 1. The van der Waals surface area contributed by atoms with Crippen LogP contribution in [0.5, 0.6) is 0 Å². The zero-order valence-electron chi connectivity index (χ0n) is 10.9. The van der Waals surface area contributed by atoms with E-state index in [2.05, 4.69) is 12.0 Å². The highest BCUT2D eigenvalue weighted by Gasteiger charge is 2.14. The maximum atomic E-state index is 13.4. The summed E-state index contributed by atoms with van der Waals surface area (Å²) in [5.74, 6) is -1.99. The number of rotatable bonds is 4. The number of aromatic nitrogens is 2. The summed E-state index contributed by atoms with van der Waals surface area (Å²) >= 11 is 0. The van der Waals surface area contributed by atoms with Gasteiger partial charge >= 0.3 is 5.97 Å². The summed E-state index contributed by atoms with van der Waals surface area (Å²) < 4.78 is 15.2. The highest BCUT2D eigenvalue weighted by atomic mass is 19.1. The topological polar surface area (TPSA) is 55.1 Å². The molecule has 0 spiro atoms. The van der Waals surface area contributed by atoms with Crippen molar-refractivity contribution in [3.63, 3.8) is 0 Å². The molecule has 0 aliphatic carbocycles. The van der Waals surface area contributed by atoms with Crippen LogP contribution in [0.4, 0.5) is 4.39 Å². The first-order chi connectivity index (χ1) is 9.02. The van der Waals surface area contributed by atoms with Crippen molar-refractivity contribution in [1.82, 2.24) is 9.78 Å². The van der Waals surface area contributed by atoms with Gasteiger partial charge in [-0.2, -0.15) is 5.10 Å². The van der Waals surface area contributed by atoms with Gasteiger partial charge in [-0.3, -0.25) is 4.68 Å². The SMILES string of the molecule is CCCn1cc(-c2ccc(F)c(C(=O)O)c2)c(C)n1. The molecule has 0 amide bonds. The van der Waals surface area contributed by atoms with Crippen molar-refractivity contribution in [3.05, 3.63) is 41.5 Å². The van der Waals surface area contributed by atoms with E-state index in [-0.39, 0.29) is 5.56 Å². The van der Waals surface area contributed by atoms with Gasteiger partial charge in [0.2, 0.25) is 0 Å². The number of nitrogens with zero attached hydrogens (tertiary/aromatic N) is 2. The van der Waals surface area contributed by atoms with Gasteiger partial charge in [-0.05, 0) is 31.0 Å². The third kappa shape index (κ3) is 2.65. The fourth-order valence-electron chi connectivity index (χ4n) is 2.00. The molecule has 0 saturated heterocycles. The molecule has 0 fully saturated rings. The molecule has 1 heterocycles. The van der Waals surface area contributed by atoms with Crippen molar-refractivity contribution >= 4 is 5.97 Å². The van der Waals surface area contributed by atoms with Crippen molar-refractivity contribution < 1.29 is 14.3 Å². The first kappa shape index (κ1) is 13.3. The summed E-state index contributed by atoms with van der Waals surface area (Å²) in [6.07, 6.45) is 2.82. The van der Waals surface area contributed by atoms with E-state index in [9.17, 15) is 9.18 Å². The summed E-state index contributed by atoms with van der Waals surface area (Å²) in [5, 5.41) is 13.3. The standard InChI is InChI=1S/C14H15FN2O2/c1-3-6-17-8-12(9(2)16-17)10-4-5-13(15)11(7-10)14(18)19/h4-5,7-8H,3,6H2,1-2H3,(H,18,19). The molecule has 4 nitrogen and oxygen atoms in total. The van der Waals surface area contributed by atoms with E-state index in [1.54, 1.807) is 6.07 Å². The number of aryl methyl sites for hydroxylation is 2. The van der Waals surface area contributed by atoms with Gasteiger partial charge in [-0.25, -0.2) is 9.18 Å². The average molecular weight is 262 g/mol. The zero-order valence-corrected chi connectivity index (χ0v) is 10.9. The predicted molar refractivity (Wildman–Crippen MR) is 69.6 cm³/mol. The number of benzene rings is 1. The maximum Gasteiger partial charge on any atom is 0.338 e. The Kier molecular flexibility index (Phi) is 3.64. The fourth-order valence-corrected chi connectivity index (χ4v) is 2.00. The molecule has 0 atom stereocenters. The van der Waals surface area contributed by atoms with Crippen LogP contribution in [0.15, 0.2) is 24.4 Å². The van der Waals surface area contributed by atoms with Gasteiger partial charge in [0, 0.05) is 18.3 Å². The zero-order chi connectivity index (χ0) is 14.0. The second-order valence-electron chi connectivity index (χ2n) is 4.39. The Bertz CT molecular complexity index is 620. The lowest BCUT2D eigenvalue weighted by Gasteiger charge is -2.02. The Labute approximate surface area is 110 Å². The normalized spacial score (nSPS) is 10.7. The van der Waals surface area contributed by atoms with Gasteiger partial charge in [-0.1, -0.05) is 13.0 Å². The van der Waals surface area contributed by atoms with Crippen molar-refractivity contribution in [1.29, 1.82) is 0 Å². The van der Waals surface area contributed by atoms with Crippen molar-refractivity contribution in [2.45, 2.75) is 26.8 Å². The van der Waals surface area contributed by atoms with Gasteiger partial charge < -0.3 is 5.11 Å². The van der Waals surface area contributed by atoms with E-state index in [4.69, 9.17) is 5.11 Å². The Morgan fingerprint density at radius 2 is 2.21 bits per heavy atom. The molecule has 0 saturated carbocycles.